The van der Waals surface area contributed by atoms with E-state index < -0.39 is 10.8 Å². The first-order chi connectivity index (χ1) is 12.1. The first kappa shape index (κ1) is 18.4. The highest BCUT2D eigenvalue weighted by Crippen LogP contribution is 2.17. The largest absolute Gasteiger partial charge is 0.379 e. The lowest BCUT2D eigenvalue weighted by molar-refractivity contribution is -0.384. The second-order valence-corrected chi connectivity index (χ2v) is 5.33. The highest BCUT2D eigenvalue weighted by Gasteiger charge is 2.12. The third-order valence-corrected chi connectivity index (χ3v) is 3.62. The third-order valence-electron chi connectivity index (χ3n) is 3.62. The van der Waals surface area contributed by atoms with Gasteiger partial charge in [-0.05, 0) is 6.07 Å². The maximum absolute atomic E-state index is 12.0. The summed E-state index contributed by atoms with van der Waals surface area (Å²) in [6.45, 7) is 4.13. The van der Waals surface area contributed by atoms with Crippen LogP contribution in [0.5, 0.6) is 0 Å². The number of amides is 1. The molecule has 132 valence electrons. The number of rotatable bonds is 7. The van der Waals surface area contributed by atoms with Gasteiger partial charge in [0.25, 0.3) is 11.6 Å². The Bertz CT molecular complexity index is 692. The van der Waals surface area contributed by atoms with Crippen LogP contribution in [0.4, 0.5) is 11.4 Å². The van der Waals surface area contributed by atoms with E-state index in [-0.39, 0.29) is 11.3 Å². The minimum atomic E-state index is -0.515. The van der Waals surface area contributed by atoms with Crippen molar-refractivity contribution in [2.75, 3.05) is 44.7 Å². The topological polar surface area (TPSA) is 121 Å². The number of nitrogens with zero attached hydrogens (tertiary/aromatic N) is 3. The highest BCUT2D eigenvalue weighted by atomic mass is 16.6. The summed E-state index contributed by atoms with van der Waals surface area (Å²) in [5.41, 5.74) is 0.239. The first-order valence-corrected chi connectivity index (χ1v) is 7.79. The second kappa shape index (κ2) is 9.36. The number of nitro benzene ring substituents is 1. The molecule has 0 bridgehead atoms. The molecule has 25 heavy (non-hydrogen) atoms. The summed E-state index contributed by atoms with van der Waals surface area (Å²) >= 11 is 0. The zero-order valence-corrected chi connectivity index (χ0v) is 13.6. The Morgan fingerprint density at radius 3 is 2.88 bits per heavy atom. The molecule has 1 fully saturated rings. The zero-order valence-electron chi connectivity index (χ0n) is 13.6. The molecule has 0 radical (unpaired) electrons. The predicted octanol–water partition coefficient (Wildman–Crippen LogP) is 0.863. The van der Waals surface area contributed by atoms with Crippen molar-refractivity contribution in [3.05, 3.63) is 46.2 Å². The molecule has 2 rings (SSSR count). The summed E-state index contributed by atoms with van der Waals surface area (Å²) < 4.78 is 5.25. The molecule has 0 aromatic heterocycles. The molecule has 0 spiro atoms. The molecule has 1 heterocycles. The van der Waals surface area contributed by atoms with E-state index >= 15 is 0 Å². The normalized spacial score (nSPS) is 15.2. The number of hydrogen-bond donors (Lipinski definition) is 2. The fourth-order valence-corrected chi connectivity index (χ4v) is 2.26. The number of carbonyl (C=O) groups excluding carboxylic acids is 1. The standard InChI is InChI=1S/C16H19N5O4/c17-11-13(12-19-14-2-1-3-15(10-14)21(23)24)16(22)18-4-5-20-6-8-25-9-7-20/h1-3,10,12,19H,4-9H2,(H,18,22)/b13-12-. The van der Waals surface area contributed by atoms with Gasteiger partial charge in [-0.2, -0.15) is 5.26 Å². The highest BCUT2D eigenvalue weighted by molar-refractivity contribution is 5.97. The number of hydrogen-bond acceptors (Lipinski definition) is 7. The molecule has 9 heteroatoms. The van der Waals surface area contributed by atoms with Crippen molar-refractivity contribution in [1.82, 2.24) is 10.2 Å². The van der Waals surface area contributed by atoms with E-state index in [1.807, 2.05) is 6.07 Å². The zero-order chi connectivity index (χ0) is 18.1. The van der Waals surface area contributed by atoms with Crippen LogP contribution in [-0.4, -0.2) is 55.1 Å². The molecule has 0 aliphatic carbocycles. The van der Waals surface area contributed by atoms with Crippen molar-refractivity contribution >= 4 is 17.3 Å². The van der Waals surface area contributed by atoms with Gasteiger partial charge >= 0.3 is 0 Å². The van der Waals surface area contributed by atoms with Gasteiger partial charge in [0.1, 0.15) is 11.6 Å². The van der Waals surface area contributed by atoms with E-state index in [9.17, 15) is 14.9 Å². The van der Waals surface area contributed by atoms with Gasteiger partial charge in [0.2, 0.25) is 0 Å². The minimum absolute atomic E-state index is 0.0770. The Hall–Kier alpha value is -2.96. The van der Waals surface area contributed by atoms with E-state index in [1.165, 1.54) is 24.4 Å². The number of ether oxygens (including phenoxy) is 1. The van der Waals surface area contributed by atoms with Crippen molar-refractivity contribution in [3.8, 4) is 6.07 Å². The second-order valence-electron chi connectivity index (χ2n) is 5.33. The fourth-order valence-electron chi connectivity index (χ4n) is 2.26. The number of morpholine rings is 1. The van der Waals surface area contributed by atoms with Crippen molar-refractivity contribution in [2.24, 2.45) is 0 Å². The Morgan fingerprint density at radius 1 is 1.44 bits per heavy atom. The summed E-state index contributed by atoms with van der Waals surface area (Å²) in [5.74, 6) is -0.492. The summed E-state index contributed by atoms with van der Waals surface area (Å²) in [6, 6.07) is 7.62. The van der Waals surface area contributed by atoms with Crippen molar-refractivity contribution in [3.63, 3.8) is 0 Å². The summed E-state index contributed by atoms with van der Waals surface area (Å²) in [6.07, 6.45) is 1.24. The van der Waals surface area contributed by atoms with Crippen LogP contribution in [0.25, 0.3) is 0 Å². The summed E-state index contributed by atoms with van der Waals surface area (Å²) in [4.78, 5) is 24.4. The van der Waals surface area contributed by atoms with Gasteiger partial charge in [0.15, 0.2) is 0 Å². The van der Waals surface area contributed by atoms with Crippen LogP contribution in [0.15, 0.2) is 36.0 Å². The van der Waals surface area contributed by atoms with Crippen LogP contribution >= 0.6 is 0 Å². The minimum Gasteiger partial charge on any atom is -0.379 e. The van der Waals surface area contributed by atoms with Crippen LogP contribution in [0.2, 0.25) is 0 Å². The Balaban J connectivity index is 1.86. The van der Waals surface area contributed by atoms with Gasteiger partial charge in [-0.25, -0.2) is 0 Å². The Morgan fingerprint density at radius 2 is 2.20 bits per heavy atom. The molecule has 1 aromatic carbocycles. The number of nitriles is 1. The molecule has 0 saturated carbocycles. The molecule has 9 nitrogen and oxygen atoms in total. The number of nitrogens with one attached hydrogen (secondary N) is 2. The number of anilines is 1. The van der Waals surface area contributed by atoms with Crippen molar-refractivity contribution < 1.29 is 14.5 Å². The molecule has 1 saturated heterocycles. The number of benzene rings is 1. The van der Waals surface area contributed by atoms with Gasteiger partial charge in [0.05, 0.1) is 18.1 Å². The molecule has 1 amide bonds. The fraction of sp³-hybridized carbons (Fsp3) is 0.375. The van der Waals surface area contributed by atoms with E-state index in [2.05, 4.69) is 15.5 Å². The number of non-ortho nitro benzene ring substituents is 1. The maximum atomic E-state index is 12.0. The maximum Gasteiger partial charge on any atom is 0.271 e. The first-order valence-electron chi connectivity index (χ1n) is 7.79. The van der Waals surface area contributed by atoms with Crippen molar-refractivity contribution in [2.45, 2.75) is 0 Å². The van der Waals surface area contributed by atoms with Gasteiger partial charge in [0, 0.05) is 50.2 Å². The Kier molecular flexibility index (Phi) is 6.88. The quantitative estimate of drug-likeness (QED) is 0.325. The van der Waals surface area contributed by atoms with E-state index in [0.29, 0.717) is 32.0 Å². The lowest BCUT2D eigenvalue weighted by atomic mass is 10.2. The Labute approximate surface area is 145 Å². The third kappa shape index (κ3) is 5.87. The van der Waals surface area contributed by atoms with Crippen LogP contribution in [-0.2, 0) is 9.53 Å². The van der Waals surface area contributed by atoms with Gasteiger partial charge < -0.3 is 15.4 Å². The lowest BCUT2D eigenvalue weighted by Crippen LogP contribution is -2.41. The van der Waals surface area contributed by atoms with E-state index in [0.717, 1.165) is 13.1 Å². The molecule has 1 aromatic rings. The van der Waals surface area contributed by atoms with Gasteiger partial charge in [-0.1, -0.05) is 6.07 Å². The van der Waals surface area contributed by atoms with Crippen LogP contribution in [0, 0.1) is 21.4 Å². The SMILES string of the molecule is N#C/C(=C/Nc1cccc([N+](=O)[O-])c1)C(=O)NCCN1CCOCC1. The lowest BCUT2D eigenvalue weighted by Gasteiger charge is -2.26. The summed E-state index contributed by atoms with van der Waals surface area (Å²) in [5, 5.41) is 25.3. The molecule has 0 unspecified atom stereocenters. The molecular weight excluding hydrogens is 326 g/mol. The number of nitro groups is 1. The molecule has 0 atom stereocenters. The monoisotopic (exact) mass is 345 g/mol. The number of carbonyl (C=O) groups is 1. The van der Waals surface area contributed by atoms with Crippen LogP contribution < -0.4 is 10.6 Å². The van der Waals surface area contributed by atoms with Crippen LogP contribution in [0.3, 0.4) is 0 Å². The smallest absolute Gasteiger partial charge is 0.271 e. The predicted molar refractivity (Wildman–Crippen MR) is 90.7 cm³/mol. The van der Waals surface area contributed by atoms with Crippen LogP contribution in [0.1, 0.15) is 0 Å². The molecule has 2 N–H and O–H groups in total. The van der Waals surface area contributed by atoms with E-state index in [4.69, 9.17) is 10.00 Å². The average molecular weight is 345 g/mol. The average Bonchev–Trinajstić information content (AvgIpc) is 2.63. The van der Waals surface area contributed by atoms with Crippen molar-refractivity contribution in [1.29, 1.82) is 5.26 Å². The summed E-state index contributed by atoms with van der Waals surface area (Å²) in [7, 11) is 0. The molecule has 1 aliphatic heterocycles. The molecule has 1 aliphatic rings. The van der Waals surface area contributed by atoms with Gasteiger partial charge in [-0.3, -0.25) is 19.8 Å². The van der Waals surface area contributed by atoms with E-state index in [1.54, 1.807) is 6.07 Å². The molecular formula is C16H19N5O4. The van der Waals surface area contributed by atoms with Gasteiger partial charge in [-0.15, -0.1) is 0 Å².